The van der Waals surface area contributed by atoms with Crippen molar-refractivity contribution >= 4 is 21.2 Å². The highest BCUT2D eigenvalue weighted by Gasteiger charge is 2.30. The van der Waals surface area contributed by atoms with Crippen LogP contribution in [0.5, 0.6) is 0 Å². The maximum atomic E-state index is 12.4. The van der Waals surface area contributed by atoms with E-state index in [2.05, 4.69) is 18.3 Å². The summed E-state index contributed by atoms with van der Waals surface area (Å²) in [6.45, 7) is 5.96. The molecule has 0 amide bonds. The molecule has 5 heteroatoms. The lowest BCUT2D eigenvalue weighted by Gasteiger charge is -2.18. The first-order chi connectivity index (χ1) is 8.66. The zero-order valence-electron chi connectivity index (χ0n) is 10.7. The molecule has 1 aromatic rings. The van der Waals surface area contributed by atoms with E-state index in [0.29, 0.717) is 11.5 Å². The lowest BCUT2D eigenvalue weighted by Crippen LogP contribution is -2.05. The van der Waals surface area contributed by atoms with E-state index < -0.39 is 21.2 Å². The van der Waals surface area contributed by atoms with Crippen LogP contribution < -0.4 is 0 Å². The molecular formula is C14H17F3OS. The number of rotatable bonds is 5. The Balaban J connectivity index is 2.88. The molecule has 1 rings (SSSR count). The van der Waals surface area contributed by atoms with Gasteiger partial charge in [0, 0.05) is 4.90 Å². The summed E-state index contributed by atoms with van der Waals surface area (Å²) in [5.41, 5.74) is -0.689. The van der Waals surface area contributed by atoms with Crippen LogP contribution in [-0.2, 0) is 10.4 Å². The fourth-order valence-corrected chi connectivity index (χ4v) is 2.51. The fraction of sp³-hybridized carbons (Fsp3) is 0.286. The SMILES string of the molecule is C=CC(C)COS(=C)(=C)c1ccc(C(F)(F)F)cc1. The quantitative estimate of drug-likeness (QED) is 0.573. The van der Waals surface area contributed by atoms with Gasteiger partial charge in [0.15, 0.2) is 0 Å². The molecule has 19 heavy (non-hydrogen) atoms. The van der Waals surface area contributed by atoms with E-state index in [0.717, 1.165) is 12.1 Å². The van der Waals surface area contributed by atoms with Gasteiger partial charge in [0.25, 0.3) is 0 Å². The van der Waals surface area contributed by atoms with Gasteiger partial charge >= 0.3 is 6.18 Å². The summed E-state index contributed by atoms with van der Waals surface area (Å²) in [4.78, 5) is 0.580. The molecule has 0 fully saturated rings. The molecule has 0 saturated carbocycles. The van der Waals surface area contributed by atoms with E-state index in [1.807, 2.05) is 6.92 Å². The Morgan fingerprint density at radius 1 is 1.26 bits per heavy atom. The Hall–Kier alpha value is -1.20. The van der Waals surface area contributed by atoms with Crippen molar-refractivity contribution in [2.45, 2.75) is 18.0 Å². The molecule has 0 spiro atoms. The third kappa shape index (κ3) is 4.44. The number of alkyl halides is 3. The van der Waals surface area contributed by atoms with Crippen LogP contribution in [0, 0.1) is 5.92 Å². The van der Waals surface area contributed by atoms with Crippen LogP contribution >= 0.6 is 9.49 Å². The van der Waals surface area contributed by atoms with Crippen LogP contribution in [0.3, 0.4) is 0 Å². The lowest BCUT2D eigenvalue weighted by molar-refractivity contribution is -0.137. The predicted octanol–water partition coefficient (Wildman–Crippen LogP) is 4.49. The second-order valence-electron chi connectivity index (χ2n) is 4.33. The van der Waals surface area contributed by atoms with Gasteiger partial charge in [-0.3, -0.25) is 0 Å². The lowest BCUT2D eigenvalue weighted by atomic mass is 10.2. The van der Waals surface area contributed by atoms with E-state index in [9.17, 15) is 13.2 Å². The molecule has 0 bridgehead atoms. The molecule has 0 aliphatic carbocycles. The molecule has 0 aromatic heterocycles. The minimum absolute atomic E-state index is 0.143. The Bertz CT molecular complexity index is 527. The van der Waals surface area contributed by atoms with E-state index in [1.54, 1.807) is 6.08 Å². The Morgan fingerprint density at radius 2 is 1.79 bits per heavy atom. The van der Waals surface area contributed by atoms with Crippen LogP contribution in [-0.4, -0.2) is 18.3 Å². The molecule has 0 saturated heterocycles. The Morgan fingerprint density at radius 3 is 2.21 bits per heavy atom. The van der Waals surface area contributed by atoms with Crippen molar-refractivity contribution in [1.29, 1.82) is 0 Å². The fourth-order valence-electron chi connectivity index (χ4n) is 1.27. The van der Waals surface area contributed by atoms with Crippen molar-refractivity contribution in [3.05, 3.63) is 42.5 Å². The zero-order valence-corrected chi connectivity index (χ0v) is 11.6. The summed E-state index contributed by atoms with van der Waals surface area (Å²) in [7, 11) is -2.04. The molecule has 0 radical (unpaired) electrons. The molecule has 0 N–H and O–H groups in total. The summed E-state index contributed by atoms with van der Waals surface area (Å²) >= 11 is 0. The number of halogens is 3. The third-order valence-electron chi connectivity index (χ3n) is 2.57. The molecule has 0 aliphatic rings. The minimum Gasteiger partial charge on any atom is -0.325 e. The van der Waals surface area contributed by atoms with Crippen LogP contribution in [0.25, 0.3) is 0 Å². The smallest absolute Gasteiger partial charge is 0.325 e. The summed E-state index contributed by atoms with van der Waals surface area (Å²) in [5, 5.41) is 0. The Kier molecular flexibility index (Phi) is 4.87. The van der Waals surface area contributed by atoms with Gasteiger partial charge in [-0.2, -0.15) is 13.2 Å². The highest BCUT2D eigenvalue weighted by molar-refractivity contribution is 8.23. The second kappa shape index (κ2) is 5.84. The molecule has 1 atom stereocenters. The number of benzene rings is 1. The van der Waals surface area contributed by atoms with E-state index in [4.69, 9.17) is 4.18 Å². The first kappa shape index (κ1) is 15.9. The van der Waals surface area contributed by atoms with Crippen LogP contribution in [0.15, 0.2) is 41.8 Å². The van der Waals surface area contributed by atoms with Gasteiger partial charge < -0.3 is 4.18 Å². The minimum atomic E-state index is -4.34. The summed E-state index contributed by atoms with van der Waals surface area (Å²) < 4.78 is 42.9. The standard InChI is InChI=1S/C14H17F3OS/c1-5-11(2)10-18-19(3,4)13-8-6-12(7-9-13)14(15,16)17/h5-9,11H,1,3-4,10H2,2H3. The molecule has 1 nitrogen and oxygen atoms in total. The van der Waals surface area contributed by atoms with Crippen LogP contribution in [0.1, 0.15) is 12.5 Å². The van der Waals surface area contributed by atoms with Crippen molar-refractivity contribution in [1.82, 2.24) is 0 Å². The Labute approximate surface area is 112 Å². The molecule has 0 aliphatic heterocycles. The van der Waals surface area contributed by atoms with Gasteiger partial charge in [-0.1, -0.05) is 34.2 Å². The summed E-state index contributed by atoms with van der Waals surface area (Å²) in [6, 6.07) is 4.79. The monoisotopic (exact) mass is 290 g/mol. The maximum absolute atomic E-state index is 12.4. The van der Waals surface area contributed by atoms with Gasteiger partial charge in [0.05, 0.1) is 12.2 Å². The number of hydrogen-bond acceptors (Lipinski definition) is 1. The summed E-state index contributed by atoms with van der Waals surface area (Å²) in [6.07, 6.45) is -2.60. The number of hydrogen-bond donors (Lipinski definition) is 0. The van der Waals surface area contributed by atoms with Crippen molar-refractivity contribution in [2.24, 2.45) is 5.92 Å². The first-order valence-corrected chi connectivity index (χ1v) is 7.50. The first-order valence-electron chi connectivity index (χ1n) is 5.60. The maximum Gasteiger partial charge on any atom is 0.416 e. The van der Waals surface area contributed by atoms with Crippen LogP contribution in [0.2, 0.25) is 0 Å². The topological polar surface area (TPSA) is 9.23 Å². The molecule has 1 aromatic carbocycles. The molecule has 106 valence electrons. The van der Waals surface area contributed by atoms with Crippen LogP contribution in [0.4, 0.5) is 13.2 Å². The van der Waals surface area contributed by atoms with Gasteiger partial charge in [0.1, 0.15) is 0 Å². The van der Waals surface area contributed by atoms with Crippen molar-refractivity contribution < 1.29 is 17.4 Å². The average Bonchev–Trinajstić information content (AvgIpc) is 2.35. The van der Waals surface area contributed by atoms with Crippen molar-refractivity contribution in [2.75, 3.05) is 6.61 Å². The van der Waals surface area contributed by atoms with Gasteiger partial charge in [-0.15, -0.1) is 6.58 Å². The largest absolute Gasteiger partial charge is 0.416 e. The van der Waals surface area contributed by atoms with Crippen molar-refractivity contribution in [3.8, 4) is 0 Å². The summed E-state index contributed by atoms with van der Waals surface area (Å²) in [5.74, 6) is 7.89. The average molecular weight is 290 g/mol. The molecule has 1 unspecified atom stereocenters. The van der Waals surface area contributed by atoms with Gasteiger partial charge in [-0.25, -0.2) is 0 Å². The zero-order chi connectivity index (χ0) is 14.7. The van der Waals surface area contributed by atoms with E-state index in [-0.39, 0.29) is 5.92 Å². The normalized spacial score (nSPS) is 14.1. The molecule has 0 heterocycles. The van der Waals surface area contributed by atoms with Crippen molar-refractivity contribution in [3.63, 3.8) is 0 Å². The highest BCUT2D eigenvalue weighted by Crippen LogP contribution is 2.36. The van der Waals surface area contributed by atoms with E-state index >= 15 is 0 Å². The van der Waals surface area contributed by atoms with Gasteiger partial charge in [0.2, 0.25) is 0 Å². The second-order valence-corrected chi connectivity index (χ2v) is 6.66. The van der Waals surface area contributed by atoms with E-state index in [1.165, 1.54) is 12.1 Å². The molecular weight excluding hydrogens is 273 g/mol. The van der Waals surface area contributed by atoms with Gasteiger partial charge in [-0.05, 0) is 30.2 Å². The highest BCUT2D eigenvalue weighted by atomic mass is 32.2. The predicted molar refractivity (Wildman–Crippen MR) is 76.9 cm³/mol. The third-order valence-corrected chi connectivity index (χ3v) is 4.29.